The lowest BCUT2D eigenvalue weighted by Crippen LogP contribution is -2.33. The van der Waals surface area contributed by atoms with Crippen LogP contribution in [0.1, 0.15) is 13.3 Å². The SMILES string of the molecule is CCC(CNS(=O)(=O)c1ccc(F)cc1[N+](=O)[O-])C(=O)O. The molecule has 2 N–H and O–H groups in total. The average molecular weight is 320 g/mol. The van der Waals surface area contributed by atoms with Gasteiger partial charge in [-0.25, -0.2) is 17.5 Å². The number of nitro benzene ring substituents is 1. The summed E-state index contributed by atoms with van der Waals surface area (Å²) in [6.45, 7) is 1.15. The summed E-state index contributed by atoms with van der Waals surface area (Å²) in [6.07, 6.45) is 0.184. The first-order chi connectivity index (χ1) is 9.69. The number of nitrogens with zero attached hydrogens (tertiary/aromatic N) is 1. The van der Waals surface area contributed by atoms with Crippen LogP contribution in [0.2, 0.25) is 0 Å². The van der Waals surface area contributed by atoms with Gasteiger partial charge in [0.1, 0.15) is 5.82 Å². The average Bonchev–Trinajstić information content (AvgIpc) is 2.38. The maximum absolute atomic E-state index is 13.0. The van der Waals surface area contributed by atoms with Crippen molar-refractivity contribution < 1.29 is 27.6 Å². The number of nitro groups is 1. The molecule has 0 radical (unpaired) electrons. The van der Waals surface area contributed by atoms with Crippen molar-refractivity contribution in [1.29, 1.82) is 0 Å². The van der Waals surface area contributed by atoms with Crippen LogP contribution in [0.4, 0.5) is 10.1 Å². The van der Waals surface area contributed by atoms with Gasteiger partial charge in [0, 0.05) is 6.54 Å². The van der Waals surface area contributed by atoms with Crippen LogP contribution in [-0.2, 0) is 14.8 Å². The number of rotatable bonds is 7. The molecule has 0 saturated heterocycles. The minimum Gasteiger partial charge on any atom is -0.481 e. The van der Waals surface area contributed by atoms with E-state index in [1.165, 1.54) is 0 Å². The molecule has 1 atom stereocenters. The fraction of sp³-hybridized carbons (Fsp3) is 0.364. The van der Waals surface area contributed by atoms with Crippen molar-refractivity contribution in [2.24, 2.45) is 5.92 Å². The number of halogens is 1. The Morgan fingerprint density at radius 2 is 2.14 bits per heavy atom. The Hall–Kier alpha value is -2.07. The first-order valence-corrected chi connectivity index (χ1v) is 7.33. The second kappa shape index (κ2) is 6.59. The third-order valence-corrected chi connectivity index (χ3v) is 4.24. The van der Waals surface area contributed by atoms with E-state index in [0.29, 0.717) is 6.07 Å². The van der Waals surface area contributed by atoms with Gasteiger partial charge in [-0.05, 0) is 18.6 Å². The van der Waals surface area contributed by atoms with Gasteiger partial charge in [0.15, 0.2) is 4.90 Å². The third-order valence-electron chi connectivity index (χ3n) is 2.77. The number of aliphatic carboxylic acids is 1. The summed E-state index contributed by atoms with van der Waals surface area (Å²) in [6, 6.07) is 2.02. The summed E-state index contributed by atoms with van der Waals surface area (Å²) in [4.78, 5) is 19.9. The summed E-state index contributed by atoms with van der Waals surface area (Å²) in [5, 5.41) is 19.6. The smallest absolute Gasteiger partial charge is 0.307 e. The van der Waals surface area contributed by atoms with E-state index in [2.05, 4.69) is 0 Å². The quantitative estimate of drug-likeness (QED) is 0.572. The summed E-state index contributed by atoms with van der Waals surface area (Å²) >= 11 is 0. The largest absolute Gasteiger partial charge is 0.481 e. The normalized spacial score (nSPS) is 12.9. The van der Waals surface area contributed by atoms with Gasteiger partial charge in [-0.3, -0.25) is 14.9 Å². The molecule has 0 aliphatic rings. The van der Waals surface area contributed by atoms with Crippen molar-refractivity contribution in [3.05, 3.63) is 34.1 Å². The maximum Gasteiger partial charge on any atom is 0.307 e. The molecule has 10 heteroatoms. The highest BCUT2D eigenvalue weighted by molar-refractivity contribution is 7.89. The highest BCUT2D eigenvalue weighted by Gasteiger charge is 2.27. The number of hydrogen-bond donors (Lipinski definition) is 2. The standard InChI is InChI=1S/C11H13FN2O6S/c1-2-7(11(15)16)6-13-21(19,20)10-4-3-8(12)5-9(10)14(17)18/h3-5,7,13H,2,6H2,1H3,(H,15,16). The summed E-state index contributed by atoms with van der Waals surface area (Å²) < 4.78 is 38.9. The number of hydrogen-bond acceptors (Lipinski definition) is 5. The van der Waals surface area contributed by atoms with Crippen molar-refractivity contribution in [2.45, 2.75) is 18.2 Å². The molecule has 1 rings (SSSR count). The van der Waals surface area contributed by atoms with Gasteiger partial charge >= 0.3 is 5.97 Å². The van der Waals surface area contributed by atoms with E-state index in [1.807, 2.05) is 4.72 Å². The van der Waals surface area contributed by atoms with Gasteiger partial charge in [0.25, 0.3) is 5.69 Å². The highest BCUT2D eigenvalue weighted by atomic mass is 32.2. The molecule has 0 saturated carbocycles. The molecular weight excluding hydrogens is 307 g/mol. The molecule has 0 spiro atoms. The van der Waals surface area contributed by atoms with Crippen molar-refractivity contribution in [1.82, 2.24) is 4.72 Å². The Morgan fingerprint density at radius 1 is 1.52 bits per heavy atom. The topological polar surface area (TPSA) is 127 Å². The predicted molar refractivity (Wildman–Crippen MR) is 69.7 cm³/mol. The zero-order valence-electron chi connectivity index (χ0n) is 10.9. The van der Waals surface area contributed by atoms with E-state index in [-0.39, 0.29) is 6.42 Å². The van der Waals surface area contributed by atoms with E-state index in [4.69, 9.17) is 5.11 Å². The van der Waals surface area contributed by atoms with Crippen LogP contribution in [0.5, 0.6) is 0 Å². The predicted octanol–water partition coefficient (Wildman–Crippen LogP) is 1.12. The Balaban J connectivity index is 3.09. The van der Waals surface area contributed by atoms with E-state index in [1.54, 1.807) is 6.92 Å². The lowest BCUT2D eigenvalue weighted by Gasteiger charge is -2.11. The first-order valence-electron chi connectivity index (χ1n) is 5.85. The lowest BCUT2D eigenvalue weighted by molar-refractivity contribution is -0.388. The first kappa shape index (κ1) is 17.0. The molecule has 8 nitrogen and oxygen atoms in total. The molecule has 116 valence electrons. The van der Waals surface area contributed by atoms with E-state index in [9.17, 15) is 27.7 Å². The number of carboxylic acid groups (broad SMARTS) is 1. The maximum atomic E-state index is 13.0. The molecular formula is C11H13FN2O6S. The second-order valence-electron chi connectivity index (χ2n) is 4.16. The van der Waals surface area contributed by atoms with Gasteiger partial charge in [0.2, 0.25) is 10.0 Å². The van der Waals surface area contributed by atoms with Crippen LogP contribution in [0, 0.1) is 21.8 Å². The van der Waals surface area contributed by atoms with Gasteiger partial charge in [-0.2, -0.15) is 0 Å². The molecule has 0 aliphatic carbocycles. The van der Waals surface area contributed by atoms with Crippen LogP contribution in [0.15, 0.2) is 23.1 Å². The van der Waals surface area contributed by atoms with Gasteiger partial charge in [-0.15, -0.1) is 0 Å². The Labute approximate surface area is 119 Å². The van der Waals surface area contributed by atoms with Crippen LogP contribution < -0.4 is 4.72 Å². The molecule has 0 fully saturated rings. The molecule has 0 aliphatic heterocycles. The van der Waals surface area contributed by atoms with Crippen LogP contribution in [0.25, 0.3) is 0 Å². The molecule has 0 amide bonds. The fourth-order valence-electron chi connectivity index (χ4n) is 1.55. The number of nitrogens with one attached hydrogen (secondary N) is 1. The van der Waals surface area contributed by atoms with Crippen molar-refractivity contribution in [3.63, 3.8) is 0 Å². The monoisotopic (exact) mass is 320 g/mol. The molecule has 1 aromatic rings. The van der Waals surface area contributed by atoms with Crippen molar-refractivity contribution in [2.75, 3.05) is 6.54 Å². The van der Waals surface area contributed by atoms with Crippen LogP contribution in [0.3, 0.4) is 0 Å². The van der Waals surface area contributed by atoms with Gasteiger partial charge in [0.05, 0.1) is 16.9 Å². The second-order valence-corrected chi connectivity index (χ2v) is 5.90. The Morgan fingerprint density at radius 3 is 2.62 bits per heavy atom. The highest BCUT2D eigenvalue weighted by Crippen LogP contribution is 2.24. The number of carbonyl (C=O) groups is 1. The van der Waals surface area contributed by atoms with Gasteiger partial charge in [-0.1, -0.05) is 6.92 Å². The zero-order valence-corrected chi connectivity index (χ0v) is 11.8. The van der Waals surface area contributed by atoms with Gasteiger partial charge < -0.3 is 5.11 Å². The molecule has 21 heavy (non-hydrogen) atoms. The molecule has 0 bridgehead atoms. The summed E-state index contributed by atoms with van der Waals surface area (Å²) in [5.74, 6) is -3.09. The van der Waals surface area contributed by atoms with Crippen molar-refractivity contribution >= 4 is 21.7 Å². The molecule has 0 aromatic heterocycles. The minimum atomic E-state index is -4.31. The van der Waals surface area contributed by atoms with Crippen molar-refractivity contribution in [3.8, 4) is 0 Å². The number of carboxylic acids is 1. The van der Waals surface area contributed by atoms with Crippen LogP contribution in [-0.4, -0.2) is 31.0 Å². The summed E-state index contributed by atoms with van der Waals surface area (Å²) in [7, 11) is -4.31. The number of benzene rings is 1. The zero-order chi connectivity index (χ0) is 16.2. The summed E-state index contributed by atoms with van der Waals surface area (Å²) in [5.41, 5.74) is -0.911. The molecule has 1 aromatic carbocycles. The third kappa shape index (κ3) is 4.20. The Kier molecular flexibility index (Phi) is 5.33. The minimum absolute atomic E-state index is 0.184. The van der Waals surface area contributed by atoms with Crippen LogP contribution >= 0.6 is 0 Å². The molecule has 0 heterocycles. The van der Waals surface area contributed by atoms with E-state index < -0.39 is 49.8 Å². The number of sulfonamides is 1. The lowest BCUT2D eigenvalue weighted by atomic mass is 10.1. The molecule has 1 unspecified atom stereocenters. The van der Waals surface area contributed by atoms with E-state index in [0.717, 1.165) is 12.1 Å². The Bertz CT molecular complexity index is 661. The fourth-order valence-corrected chi connectivity index (χ4v) is 2.79. The van der Waals surface area contributed by atoms with E-state index >= 15 is 0 Å².